The summed E-state index contributed by atoms with van der Waals surface area (Å²) < 4.78 is 9.61. The van der Waals surface area contributed by atoms with Gasteiger partial charge in [-0.15, -0.1) is 0 Å². The molecular weight excluding hydrogens is 304 g/mol. The third-order valence-electron chi connectivity index (χ3n) is 0.664. The van der Waals surface area contributed by atoms with Gasteiger partial charge in [-0.3, -0.25) is 0 Å². The van der Waals surface area contributed by atoms with E-state index in [0.29, 0.717) is 13.2 Å². The zero-order valence-electron chi connectivity index (χ0n) is 4.81. The molecule has 0 aromatic rings. The van der Waals surface area contributed by atoms with E-state index in [1.165, 1.54) is 0 Å². The predicted octanol–water partition coefficient (Wildman–Crippen LogP) is 1.74. The predicted molar refractivity (Wildman–Crippen MR) is 42.6 cm³/mol. The third kappa shape index (κ3) is 3.45. The van der Waals surface area contributed by atoms with Gasteiger partial charge in [0.2, 0.25) is 0 Å². The van der Waals surface area contributed by atoms with Gasteiger partial charge in [0.25, 0.3) is 0 Å². The SMILES string of the molecule is Cl[TeH]1(Cl)(Cl)OCCO1.[NH4+]. The van der Waals surface area contributed by atoms with Crippen LogP contribution in [0.1, 0.15) is 0 Å². The van der Waals surface area contributed by atoms with Gasteiger partial charge in [0, 0.05) is 0 Å². The summed E-state index contributed by atoms with van der Waals surface area (Å²) in [6.45, 7) is 0.830. The van der Waals surface area contributed by atoms with Gasteiger partial charge in [-0.2, -0.15) is 0 Å². The molecule has 1 rings (SSSR count). The minimum Gasteiger partial charge on any atom is -0.369 e. The summed E-state index contributed by atoms with van der Waals surface area (Å²) in [6.07, 6.45) is 0. The van der Waals surface area contributed by atoms with Gasteiger partial charge in [-0.05, 0) is 0 Å². The molecule has 0 aromatic heterocycles. The fourth-order valence-corrected chi connectivity index (χ4v) is 5.42. The summed E-state index contributed by atoms with van der Waals surface area (Å²) in [5.74, 6) is 0. The van der Waals surface area contributed by atoms with E-state index in [1.54, 1.807) is 0 Å². The van der Waals surface area contributed by atoms with Crippen molar-refractivity contribution in [3.05, 3.63) is 0 Å². The van der Waals surface area contributed by atoms with Crippen molar-refractivity contribution in [2.45, 2.75) is 0 Å². The van der Waals surface area contributed by atoms with E-state index in [9.17, 15) is 0 Å². The molecule has 1 heterocycles. The van der Waals surface area contributed by atoms with E-state index in [2.05, 4.69) is 0 Å². The molecule has 0 amide bonds. The second-order valence-corrected chi connectivity index (χ2v) is 22.5. The van der Waals surface area contributed by atoms with Crippen molar-refractivity contribution in [2.24, 2.45) is 0 Å². The minimum atomic E-state index is -4.28. The molecule has 0 saturated carbocycles. The molecular formula is C2H9Cl3NO2Te+. The Labute approximate surface area is 66.4 Å². The van der Waals surface area contributed by atoms with Crippen LogP contribution < -0.4 is 6.15 Å². The van der Waals surface area contributed by atoms with Gasteiger partial charge in [-0.25, -0.2) is 0 Å². The molecule has 0 atom stereocenters. The Morgan fingerprint density at radius 2 is 1.33 bits per heavy atom. The van der Waals surface area contributed by atoms with Crippen LogP contribution in [0.3, 0.4) is 0 Å². The maximum atomic E-state index is 5.51. The number of quaternary nitrogens is 1. The quantitative estimate of drug-likeness (QED) is 0.693. The van der Waals surface area contributed by atoms with Gasteiger partial charge >= 0.3 is 60.6 Å². The maximum absolute atomic E-state index is 5.51. The number of hydrogen-bond donors (Lipinski definition) is 1. The molecule has 0 aliphatic carbocycles. The Morgan fingerprint density at radius 1 is 1.00 bits per heavy atom. The Kier molecular flexibility index (Phi) is 3.37. The average molecular weight is 313 g/mol. The van der Waals surface area contributed by atoms with Gasteiger partial charge in [0.05, 0.1) is 0 Å². The van der Waals surface area contributed by atoms with Crippen LogP contribution in [0.4, 0.5) is 0 Å². The van der Waals surface area contributed by atoms with Crippen LogP contribution in [0.5, 0.6) is 0 Å². The molecule has 0 aromatic carbocycles. The normalized spacial score (nSPS) is 33.9. The van der Waals surface area contributed by atoms with Crippen molar-refractivity contribution in [2.75, 3.05) is 13.2 Å². The van der Waals surface area contributed by atoms with Crippen LogP contribution in [0.2, 0.25) is 0 Å². The first-order valence-electron chi connectivity index (χ1n) is 1.95. The maximum Gasteiger partial charge on any atom is -0.369 e. The first kappa shape index (κ1) is 10.5. The number of hydrogen-bond acceptors (Lipinski definition) is 2. The summed E-state index contributed by atoms with van der Waals surface area (Å²) in [6, 6.07) is 0. The molecule has 9 heavy (non-hydrogen) atoms. The number of rotatable bonds is 0. The van der Waals surface area contributed by atoms with Crippen LogP contribution >= 0.6 is 26.9 Å². The molecule has 0 unspecified atom stereocenters. The average Bonchev–Trinajstić information content (AvgIpc) is 1.81. The Balaban J connectivity index is 0.000000640. The zero-order chi connectivity index (χ0) is 6.28. The van der Waals surface area contributed by atoms with Gasteiger partial charge in [0.15, 0.2) is 0 Å². The first-order valence-corrected chi connectivity index (χ1v) is 13.7. The van der Waals surface area contributed by atoms with E-state index in [4.69, 9.17) is 33.1 Å². The van der Waals surface area contributed by atoms with Crippen LogP contribution in [0, 0.1) is 0 Å². The van der Waals surface area contributed by atoms with Crippen LogP contribution in [-0.4, -0.2) is 27.5 Å². The summed E-state index contributed by atoms with van der Waals surface area (Å²) in [7, 11) is 16.5. The van der Waals surface area contributed by atoms with Crippen molar-refractivity contribution < 1.29 is 6.20 Å². The standard InChI is InChI=1S/C2H5Cl3O2Te.H3N/c3-8(4,5)6-1-2-7-8;/h8H,1-2H2;1H3/p+1. The van der Waals surface area contributed by atoms with Gasteiger partial charge in [0.1, 0.15) is 0 Å². The van der Waals surface area contributed by atoms with Crippen molar-refractivity contribution in [3.63, 3.8) is 0 Å². The van der Waals surface area contributed by atoms with Crippen LogP contribution in [0.15, 0.2) is 0 Å². The second kappa shape index (κ2) is 2.88. The number of halogens is 3. The van der Waals surface area contributed by atoms with E-state index >= 15 is 0 Å². The molecule has 0 radical (unpaired) electrons. The molecule has 4 N–H and O–H groups in total. The van der Waals surface area contributed by atoms with Crippen molar-refractivity contribution in [3.8, 4) is 0 Å². The molecule has 60 valence electrons. The largest absolute Gasteiger partial charge is 0.369 e. The van der Waals surface area contributed by atoms with E-state index < -0.39 is 14.3 Å². The molecule has 7 heteroatoms. The fraction of sp³-hybridized carbons (Fsp3) is 1.00. The minimum absolute atomic E-state index is 0. The Hall–Kier alpha value is 1.54. The summed E-state index contributed by atoms with van der Waals surface area (Å²) in [5, 5.41) is 0. The monoisotopic (exact) mass is 314 g/mol. The Morgan fingerprint density at radius 3 is 1.44 bits per heavy atom. The van der Waals surface area contributed by atoms with E-state index in [1.807, 2.05) is 0 Å². The first-order chi connectivity index (χ1) is 3.47. The molecule has 0 bridgehead atoms. The van der Waals surface area contributed by atoms with Gasteiger partial charge < -0.3 is 6.15 Å². The van der Waals surface area contributed by atoms with E-state index in [0.717, 1.165) is 0 Å². The van der Waals surface area contributed by atoms with E-state index in [-0.39, 0.29) is 6.15 Å². The summed E-state index contributed by atoms with van der Waals surface area (Å²) >= 11 is -4.28. The topological polar surface area (TPSA) is 55.0 Å². The molecule has 1 fully saturated rings. The summed E-state index contributed by atoms with van der Waals surface area (Å²) in [5.41, 5.74) is 0. The van der Waals surface area contributed by atoms with Crippen molar-refractivity contribution in [1.29, 1.82) is 0 Å². The smallest absolute Gasteiger partial charge is 0.369 e. The van der Waals surface area contributed by atoms with Crippen molar-refractivity contribution >= 4 is 41.2 Å². The molecule has 1 aliphatic heterocycles. The van der Waals surface area contributed by atoms with Crippen LogP contribution in [-0.2, 0) is 6.20 Å². The molecule has 0 spiro atoms. The zero-order valence-corrected chi connectivity index (χ0v) is 9.63. The Bertz CT molecular complexity index is 102. The summed E-state index contributed by atoms with van der Waals surface area (Å²) in [4.78, 5) is 0. The third-order valence-corrected chi connectivity index (χ3v) is 7.91. The van der Waals surface area contributed by atoms with Crippen molar-refractivity contribution in [1.82, 2.24) is 6.15 Å². The fourth-order valence-electron chi connectivity index (χ4n) is 0.393. The molecule has 1 saturated heterocycles. The molecule has 3 nitrogen and oxygen atoms in total. The van der Waals surface area contributed by atoms with Crippen LogP contribution in [0.25, 0.3) is 0 Å². The van der Waals surface area contributed by atoms with Gasteiger partial charge in [-0.1, -0.05) is 0 Å². The molecule has 1 aliphatic rings. The second-order valence-electron chi connectivity index (χ2n) is 1.35.